The SMILES string of the molecule is CS(=O)(=O)c1ccc(C(O)CN2CCc3ccccc3C2)cc1. The number of nitrogens with zero attached hydrogens (tertiary/aromatic N) is 1. The molecule has 5 heteroatoms. The van der Waals surface area contributed by atoms with Gasteiger partial charge in [0.2, 0.25) is 0 Å². The third-order valence-electron chi connectivity index (χ3n) is 4.33. The van der Waals surface area contributed by atoms with E-state index >= 15 is 0 Å². The van der Waals surface area contributed by atoms with Gasteiger partial charge in [-0.2, -0.15) is 0 Å². The standard InChI is InChI=1S/C18H21NO3S/c1-23(21,22)17-8-6-15(7-9-17)18(20)13-19-11-10-14-4-2-3-5-16(14)12-19/h2-9,18,20H,10-13H2,1H3. The van der Waals surface area contributed by atoms with Crippen molar-refractivity contribution in [3.05, 3.63) is 65.2 Å². The van der Waals surface area contributed by atoms with E-state index in [0.29, 0.717) is 6.54 Å². The van der Waals surface area contributed by atoms with Crippen LogP contribution in [0.5, 0.6) is 0 Å². The molecule has 1 unspecified atom stereocenters. The predicted octanol–water partition coefficient (Wildman–Crippen LogP) is 2.18. The second-order valence-electron chi connectivity index (χ2n) is 6.11. The third-order valence-corrected chi connectivity index (χ3v) is 5.46. The predicted molar refractivity (Wildman–Crippen MR) is 89.9 cm³/mol. The molecule has 0 fully saturated rings. The van der Waals surface area contributed by atoms with E-state index in [1.165, 1.54) is 17.4 Å². The van der Waals surface area contributed by atoms with Gasteiger partial charge in [-0.25, -0.2) is 8.42 Å². The van der Waals surface area contributed by atoms with Crippen molar-refractivity contribution in [3.8, 4) is 0 Å². The highest BCUT2D eigenvalue weighted by atomic mass is 32.2. The first-order chi connectivity index (χ1) is 10.9. The number of rotatable bonds is 4. The number of sulfone groups is 1. The first kappa shape index (κ1) is 16.2. The average molecular weight is 331 g/mol. The lowest BCUT2D eigenvalue weighted by Crippen LogP contribution is -2.33. The zero-order valence-electron chi connectivity index (χ0n) is 13.1. The van der Waals surface area contributed by atoms with Crippen LogP contribution in [0.25, 0.3) is 0 Å². The van der Waals surface area contributed by atoms with Crippen LogP contribution < -0.4 is 0 Å². The number of benzene rings is 2. The minimum absolute atomic E-state index is 0.278. The van der Waals surface area contributed by atoms with Crippen molar-refractivity contribution >= 4 is 9.84 Å². The molecule has 3 rings (SSSR count). The van der Waals surface area contributed by atoms with Crippen LogP contribution in [-0.2, 0) is 22.8 Å². The molecule has 0 aliphatic carbocycles. The second kappa shape index (κ2) is 6.43. The molecule has 4 nitrogen and oxygen atoms in total. The van der Waals surface area contributed by atoms with Crippen LogP contribution in [0.15, 0.2) is 53.4 Å². The van der Waals surface area contributed by atoms with Crippen molar-refractivity contribution in [2.24, 2.45) is 0 Å². The average Bonchev–Trinajstić information content (AvgIpc) is 2.54. The van der Waals surface area contributed by atoms with Crippen molar-refractivity contribution in [1.82, 2.24) is 4.90 Å². The van der Waals surface area contributed by atoms with Crippen LogP contribution in [0.1, 0.15) is 22.8 Å². The summed E-state index contributed by atoms with van der Waals surface area (Å²) in [5, 5.41) is 10.4. The topological polar surface area (TPSA) is 57.6 Å². The van der Waals surface area contributed by atoms with Gasteiger partial charge in [0.1, 0.15) is 0 Å². The number of aliphatic hydroxyl groups is 1. The molecule has 1 atom stereocenters. The molecule has 0 saturated heterocycles. The van der Waals surface area contributed by atoms with Gasteiger partial charge in [0, 0.05) is 25.9 Å². The summed E-state index contributed by atoms with van der Waals surface area (Å²) in [5.74, 6) is 0. The Hall–Kier alpha value is -1.69. The van der Waals surface area contributed by atoms with Gasteiger partial charge in [-0.15, -0.1) is 0 Å². The number of fused-ring (bicyclic) bond motifs is 1. The van der Waals surface area contributed by atoms with E-state index in [4.69, 9.17) is 0 Å². The largest absolute Gasteiger partial charge is 0.387 e. The van der Waals surface area contributed by atoms with E-state index in [-0.39, 0.29) is 4.90 Å². The lowest BCUT2D eigenvalue weighted by atomic mass is 9.99. The van der Waals surface area contributed by atoms with Gasteiger partial charge in [-0.05, 0) is 35.2 Å². The molecular formula is C18H21NO3S. The zero-order valence-corrected chi connectivity index (χ0v) is 14.0. The Bertz CT molecular complexity index is 784. The summed E-state index contributed by atoms with van der Waals surface area (Å²) in [6, 6.07) is 14.9. The molecule has 0 saturated carbocycles. The maximum absolute atomic E-state index is 11.5. The minimum atomic E-state index is -3.20. The van der Waals surface area contributed by atoms with E-state index in [9.17, 15) is 13.5 Å². The molecule has 0 spiro atoms. The zero-order chi connectivity index (χ0) is 16.4. The molecule has 1 N–H and O–H groups in total. The Balaban J connectivity index is 1.67. The molecule has 0 radical (unpaired) electrons. The highest BCUT2D eigenvalue weighted by molar-refractivity contribution is 7.90. The summed E-state index contributed by atoms with van der Waals surface area (Å²) in [6.45, 7) is 2.32. The van der Waals surface area contributed by atoms with E-state index in [2.05, 4.69) is 23.1 Å². The fourth-order valence-corrected chi connectivity index (χ4v) is 3.63. The fraction of sp³-hybridized carbons (Fsp3) is 0.333. The lowest BCUT2D eigenvalue weighted by molar-refractivity contribution is 0.106. The summed E-state index contributed by atoms with van der Waals surface area (Å²) >= 11 is 0. The second-order valence-corrected chi connectivity index (χ2v) is 8.13. The Morgan fingerprint density at radius 2 is 1.74 bits per heavy atom. The molecule has 2 aromatic rings. The molecule has 1 heterocycles. The van der Waals surface area contributed by atoms with Gasteiger partial charge < -0.3 is 5.11 Å². The first-order valence-electron chi connectivity index (χ1n) is 7.71. The lowest BCUT2D eigenvalue weighted by Gasteiger charge is -2.30. The highest BCUT2D eigenvalue weighted by Gasteiger charge is 2.19. The van der Waals surface area contributed by atoms with Gasteiger partial charge in [0.15, 0.2) is 9.84 Å². The number of hydrogen-bond donors (Lipinski definition) is 1. The highest BCUT2D eigenvalue weighted by Crippen LogP contribution is 2.22. The summed E-state index contributed by atoms with van der Waals surface area (Å²) in [4.78, 5) is 2.51. The van der Waals surface area contributed by atoms with Crippen LogP contribution in [0, 0.1) is 0 Å². The van der Waals surface area contributed by atoms with Crippen molar-refractivity contribution in [3.63, 3.8) is 0 Å². The van der Waals surface area contributed by atoms with Crippen molar-refractivity contribution in [2.75, 3.05) is 19.3 Å². The van der Waals surface area contributed by atoms with Crippen LogP contribution in [0.2, 0.25) is 0 Å². The van der Waals surface area contributed by atoms with Crippen LogP contribution >= 0.6 is 0 Å². The van der Waals surface area contributed by atoms with Crippen LogP contribution in [0.4, 0.5) is 0 Å². The van der Waals surface area contributed by atoms with Gasteiger partial charge in [-0.1, -0.05) is 36.4 Å². The normalized spacial score (nSPS) is 16.8. The van der Waals surface area contributed by atoms with E-state index in [1.54, 1.807) is 24.3 Å². The maximum atomic E-state index is 11.5. The molecule has 0 bridgehead atoms. The summed E-state index contributed by atoms with van der Waals surface area (Å²) in [5.41, 5.74) is 3.45. The summed E-state index contributed by atoms with van der Waals surface area (Å²) < 4.78 is 23.0. The van der Waals surface area contributed by atoms with E-state index in [0.717, 1.165) is 25.1 Å². The molecule has 1 aliphatic rings. The Morgan fingerprint density at radius 1 is 1.09 bits per heavy atom. The quantitative estimate of drug-likeness (QED) is 0.933. The Labute approximate surface area is 137 Å². The van der Waals surface area contributed by atoms with Crippen LogP contribution in [-0.4, -0.2) is 37.8 Å². The molecule has 2 aromatic carbocycles. The van der Waals surface area contributed by atoms with Crippen LogP contribution in [0.3, 0.4) is 0 Å². The van der Waals surface area contributed by atoms with Gasteiger partial charge >= 0.3 is 0 Å². The minimum Gasteiger partial charge on any atom is -0.387 e. The number of aliphatic hydroxyl groups excluding tert-OH is 1. The molecule has 0 aromatic heterocycles. The number of hydrogen-bond acceptors (Lipinski definition) is 4. The fourth-order valence-electron chi connectivity index (χ4n) is 3.00. The van der Waals surface area contributed by atoms with E-state index in [1.807, 2.05) is 6.07 Å². The van der Waals surface area contributed by atoms with Crippen molar-refractivity contribution in [1.29, 1.82) is 0 Å². The number of β-amino-alcohol motifs (C(OH)–C–C–N with tert-alkyl or cyclic N) is 1. The third kappa shape index (κ3) is 3.80. The Kier molecular flexibility index (Phi) is 4.53. The van der Waals surface area contributed by atoms with Crippen molar-refractivity contribution < 1.29 is 13.5 Å². The van der Waals surface area contributed by atoms with Gasteiger partial charge in [0.25, 0.3) is 0 Å². The van der Waals surface area contributed by atoms with Gasteiger partial charge in [-0.3, -0.25) is 4.90 Å². The first-order valence-corrected chi connectivity index (χ1v) is 9.60. The monoisotopic (exact) mass is 331 g/mol. The molecule has 23 heavy (non-hydrogen) atoms. The van der Waals surface area contributed by atoms with E-state index < -0.39 is 15.9 Å². The molecule has 122 valence electrons. The summed E-state index contributed by atoms with van der Waals surface area (Å²) in [7, 11) is -3.20. The molecule has 1 aliphatic heterocycles. The molecule has 0 amide bonds. The maximum Gasteiger partial charge on any atom is 0.175 e. The van der Waals surface area contributed by atoms with Gasteiger partial charge in [0.05, 0.1) is 11.0 Å². The molecular weight excluding hydrogens is 310 g/mol. The summed E-state index contributed by atoms with van der Waals surface area (Å²) in [6.07, 6.45) is 1.56. The Morgan fingerprint density at radius 3 is 2.39 bits per heavy atom. The van der Waals surface area contributed by atoms with Crippen molar-refractivity contribution in [2.45, 2.75) is 24.0 Å². The smallest absolute Gasteiger partial charge is 0.175 e.